The molecule has 1 heterocycles. The first kappa shape index (κ1) is 15.1. The van der Waals surface area contributed by atoms with Gasteiger partial charge in [-0.2, -0.15) is 13.2 Å². The largest absolute Gasteiger partial charge is 0.416 e. The van der Waals surface area contributed by atoms with Gasteiger partial charge in [0.2, 0.25) is 0 Å². The fourth-order valence-electron chi connectivity index (χ4n) is 2.35. The summed E-state index contributed by atoms with van der Waals surface area (Å²) in [6, 6.07) is 4.43. The van der Waals surface area contributed by atoms with E-state index in [2.05, 4.69) is 5.32 Å². The first-order chi connectivity index (χ1) is 9.70. The highest BCUT2D eigenvalue weighted by atomic mass is 19.4. The predicted molar refractivity (Wildman–Crippen MR) is 70.8 cm³/mol. The molecule has 4 nitrogen and oxygen atoms in total. The number of nitrogens with one attached hydrogen (secondary N) is 1. The van der Waals surface area contributed by atoms with Crippen molar-refractivity contribution in [1.82, 2.24) is 5.32 Å². The predicted octanol–water partition coefficient (Wildman–Crippen LogP) is 3.80. The summed E-state index contributed by atoms with van der Waals surface area (Å²) in [6.07, 6.45) is -2.79. The Balaban J connectivity index is 2.43. The molecule has 0 radical (unpaired) electrons. The molecule has 7 heteroatoms. The van der Waals surface area contributed by atoms with Crippen LogP contribution in [0.5, 0.6) is 0 Å². The Kier molecular flexibility index (Phi) is 3.76. The highest BCUT2D eigenvalue weighted by Crippen LogP contribution is 2.34. The second kappa shape index (κ2) is 5.23. The highest BCUT2D eigenvalue weighted by molar-refractivity contribution is 5.39. The molecule has 1 aromatic carbocycles. The molecule has 0 bridgehead atoms. The van der Waals surface area contributed by atoms with Crippen molar-refractivity contribution in [2.24, 2.45) is 0 Å². The van der Waals surface area contributed by atoms with E-state index in [-0.39, 0.29) is 5.70 Å². The molecule has 1 aromatic rings. The second-order valence-corrected chi connectivity index (χ2v) is 4.84. The molecule has 0 amide bonds. The van der Waals surface area contributed by atoms with E-state index in [1.54, 1.807) is 19.9 Å². The van der Waals surface area contributed by atoms with Crippen LogP contribution in [-0.2, 0) is 6.18 Å². The van der Waals surface area contributed by atoms with Crippen LogP contribution < -0.4 is 5.32 Å². The summed E-state index contributed by atoms with van der Waals surface area (Å²) in [6.45, 7) is 3.32. The minimum atomic E-state index is -4.42. The lowest BCUT2D eigenvalue weighted by molar-refractivity contribution is -0.430. The standard InChI is InChI=1S/C14H13F3N2O2/c1-8-7-12(13(19(20)21)9(2)18-8)10-3-5-11(6-4-10)14(15,16)17/h3-7,12,18H,1-2H3. The van der Waals surface area contributed by atoms with Crippen LogP contribution in [0.2, 0.25) is 0 Å². The van der Waals surface area contributed by atoms with Crippen LogP contribution >= 0.6 is 0 Å². The van der Waals surface area contributed by atoms with Gasteiger partial charge in [-0.15, -0.1) is 0 Å². The Hall–Kier alpha value is -2.31. The highest BCUT2D eigenvalue weighted by Gasteiger charge is 2.33. The molecule has 1 N–H and O–H groups in total. The van der Waals surface area contributed by atoms with Crippen LogP contribution in [0.25, 0.3) is 0 Å². The number of hydrogen-bond donors (Lipinski definition) is 1. The van der Waals surface area contributed by atoms with Crippen molar-refractivity contribution in [3.05, 3.63) is 68.7 Å². The topological polar surface area (TPSA) is 55.2 Å². The van der Waals surface area contributed by atoms with Gasteiger partial charge in [0, 0.05) is 5.70 Å². The lowest BCUT2D eigenvalue weighted by atomic mass is 9.91. The van der Waals surface area contributed by atoms with Crippen LogP contribution in [0.1, 0.15) is 30.9 Å². The fraction of sp³-hybridized carbons (Fsp3) is 0.286. The maximum atomic E-state index is 12.6. The minimum Gasteiger partial charge on any atom is -0.358 e. The number of allylic oxidation sites excluding steroid dienone is 3. The zero-order valence-electron chi connectivity index (χ0n) is 11.4. The summed E-state index contributed by atoms with van der Waals surface area (Å²) in [4.78, 5) is 10.7. The second-order valence-electron chi connectivity index (χ2n) is 4.84. The number of nitrogens with zero attached hydrogens (tertiary/aromatic N) is 1. The molecule has 0 fully saturated rings. The molecule has 1 aliphatic rings. The smallest absolute Gasteiger partial charge is 0.358 e. The van der Waals surface area contributed by atoms with Gasteiger partial charge in [-0.3, -0.25) is 10.1 Å². The van der Waals surface area contributed by atoms with Crippen molar-refractivity contribution in [1.29, 1.82) is 0 Å². The molecule has 1 aliphatic heterocycles. The molecule has 0 saturated carbocycles. The van der Waals surface area contributed by atoms with E-state index in [1.807, 2.05) is 0 Å². The molecule has 1 atom stereocenters. The van der Waals surface area contributed by atoms with Crippen molar-refractivity contribution < 1.29 is 18.1 Å². The zero-order valence-corrected chi connectivity index (χ0v) is 11.4. The number of halogens is 3. The summed E-state index contributed by atoms with van der Waals surface area (Å²) in [5.41, 5.74) is 0.743. The van der Waals surface area contributed by atoms with Gasteiger partial charge in [-0.05, 0) is 37.6 Å². The third kappa shape index (κ3) is 3.07. The van der Waals surface area contributed by atoms with Gasteiger partial charge in [0.15, 0.2) is 0 Å². The Morgan fingerprint density at radius 1 is 1.19 bits per heavy atom. The molecule has 0 saturated heterocycles. The van der Waals surface area contributed by atoms with E-state index >= 15 is 0 Å². The van der Waals surface area contributed by atoms with E-state index in [4.69, 9.17) is 0 Å². The zero-order chi connectivity index (χ0) is 15.8. The Labute approximate surface area is 119 Å². The van der Waals surface area contributed by atoms with Crippen molar-refractivity contribution in [3.8, 4) is 0 Å². The van der Waals surface area contributed by atoms with Gasteiger partial charge < -0.3 is 5.32 Å². The Morgan fingerprint density at radius 2 is 1.76 bits per heavy atom. The molecule has 2 rings (SSSR count). The number of dihydropyridines is 1. The summed E-state index contributed by atoms with van der Waals surface area (Å²) < 4.78 is 37.7. The number of rotatable bonds is 2. The Bertz CT molecular complexity index is 631. The molecule has 0 spiro atoms. The van der Waals surface area contributed by atoms with Gasteiger partial charge in [0.25, 0.3) is 5.70 Å². The SMILES string of the molecule is CC1=CC(c2ccc(C(F)(F)F)cc2)C([N+](=O)[O-])=C(C)N1. The molecular weight excluding hydrogens is 285 g/mol. The van der Waals surface area contributed by atoms with Crippen molar-refractivity contribution in [2.75, 3.05) is 0 Å². The third-order valence-electron chi connectivity index (χ3n) is 3.27. The summed E-state index contributed by atoms with van der Waals surface area (Å²) in [5.74, 6) is -0.663. The van der Waals surface area contributed by atoms with Gasteiger partial charge >= 0.3 is 6.18 Å². The molecule has 0 aromatic heterocycles. The lowest BCUT2D eigenvalue weighted by Gasteiger charge is -2.21. The van der Waals surface area contributed by atoms with Gasteiger partial charge in [-0.25, -0.2) is 0 Å². The summed E-state index contributed by atoms with van der Waals surface area (Å²) in [7, 11) is 0. The lowest BCUT2D eigenvalue weighted by Crippen LogP contribution is -2.23. The normalized spacial score (nSPS) is 19.1. The summed E-state index contributed by atoms with van der Waals surface area (Å²) in [5, 5.41) is 14.0. The molecule has 1 unspecified atom stereocenters. The molecular formula is C14H13F3N2O2. The van der Waals surface area contributed by atoms with E-state index in [1.165, 1.54) is 12.1 Å². The van der Waals surface area contributed by atoms with Crippen LogP contribution in [0.3, 0.4) is 0 Å². The average molecular weight is 298 g/mol. The summed E-state index contributed by atoms with van der Waals surface area (Å²) >= 11 is 0. The van der Waals surface area contributed by atoms with Gasteiger partial charge in [0.1, 0.15) is 0 Å². The van der Waals surface area contributed by atoms with Gasteiger partial charge in [0.05, 0.1) is 22.1 Å². The van der Waals surface area contributed by atoms with Crippen molar-refractivity contribution in [2.45, 2.75) is 25.9 Å². The van der Waals surface area contributed by atoms with Crippen LogP contribution in [0, 0.1) is 10.1 Å². The van der Waals surface area contributed by atoms with E-state index < -0.39 is 22.6 Å². The minimum absolute atomic E-state index is 0.0552. The first-order valence-electron chi connectivity index (χ1n) is 6.18. The number of alkyl halides is 3. The quantitative estimate of drug-likeness (QED) is 0.667. The van der Waals surface area contributed by atoms with Crippen LogP contribution in [0.4, 0.5) is 13.2 Å². The number of benzene rings is 1. The molecule has 21 heavy (non-hydrogen) atoms. The molecule has 0 aliphatic carbocycles. The number of hydrogen-bond acceptors (Lipinski definition) is 3. The first-order valence-corrected chi connectivity index (χ1v) is 6.18. The van der Waals surface area contributed by atoms with E-state index in [9.17, 15) is 23.3 Å². The van der Waals surface area contributed by atoms with Crippen LogP contribution in [0.15, 0.2) is 47.4 Å². The van der Waals surface area contributed by atoms with E-state index in [0.717, 1.165) is 17.8 Å². The maximum Gasteiger partial charge on any atom is 0.416 e. The average Bonchev–Trinajstić information content (AvgIpc) is 2.36. The maximum absolute atomic E-state index is 12.6. The molecule has 112 valence electrons. The third-order valence-corrected chi connectivity index (χ3v) is 3.27. The Morgan fingerprint density at radius 3 is 2.24 bits per heavy atom. The van der Waals surface area contributed by atoms with Crippen molar-refractivity contribution in [3.63, 3.8) is 0 Å². The van der Waals surface area contributed by atoms with Gasteiger partial charge in [-0.1, -0.05) is 12.1 Å². The number of nitro groups is 1. The monoisotopic (exact) mass is 298 g/mol. The fourth-order valence-corrected chi connectivity index (χ4v) is 2.35. The van der Waals surface area contributed by atoms with E-state index in [0.29, 0.717) is 11.3 Å². The van der Waals surface area contributed by atoms with Crippen LogP contribution in [-0.4, -0.2) is 4.92 Å². The van der Waals surface area contributed by atoms with Crippen molar-refractivity contribution >= 4 is 0 Å².